The molecule has 0 radical (unpaired) electrons. The van der Waals surface area contributed by atoms with Crippen molar-refractivity contribution in [1.82, 2.24) is 9.05 Å². The van der Waals surface area contributed by atoms with Crippen LogP contribution in [0.5, 0.6) is 0 Å². The van der Waals surface area contributed by atoms with E-state index in [1.54, 1.807) is 0 Å². The molecule has 3 heterocycles. The molecule has 0 saturated carbocycles. The van der Waals surface area contributed by atoms with Crippen LogP contribution in [-0.4, -0.2) is 15.9 Å². The minimum absolute atomic E-state index is 0.183. The highest BCUT2D eigenvalue weighted by Gasteiger charge is 2.37. The number of nitriles is 1. The minimum Gasteiger partial charge on any atom is -0.375 e. The summed E-state index contributed by atoms with van der Waals surface area (Å²) in [5.74, 6) is 0. The maximum atomic E-state index is 10.0. The van der Waals surface area contributed by atoms with Crippen molar-refractivity contribution in [2.45, 2.75) is 0 Å². The second-order valence-corrected chi connectivity index (χ2v) is 15.6. The van der Waals surface area contributed by atoms with Gasteiger partial charge in [0.2, 0.25) is 0 Å². The van der Waals surface area contributed by atoms with E-state index in [4.69, 9.17) is 0 Å². The highest BCUT2D eigenvalue weighted by molar-refractivity contribution is 6.88. The van der Waals surface area contributed by atoms with Crippen LogP contribution in [0.4, 0.5) is 0 Å². The predicted molar refractivity (Wildman–Crippen MR) is 247 cm³/mol. The van der Waals surface area contributed by atoms with Gasteiger partial charge in [0.25, 0.3) is 0 Å². The number of benzene rings is 9. The average Bonchev–Trinajstić information content (AvgIpc) is 3.83. The van der Waals surface area contributed by atoms with E-state index in [0.717, 1.165) is 16.6 Å². The van der Waals surface area contributed by atoms with Crippen LogP contribution < -0.4 is 10.9 Å². The summed E-state index contributed by atoms with van der Waals surface area (Å²) in [6, 6.07) is 77.2. The van der Waals surface area contributed by atoms with Gasteiger partial charge in [0.1, 0.15) is 0 Å². The molecule has 0 aliphatic carbocycles. The number of fused-ring (bicyclic) bond motifs is 8. The van der Waals surface area contributed by atoms with Gasteiger partial charge >= 0.3 is 6.85 Å². The molecule has 0 spiro atoms. The van der Waals surface area contributed by atoms with Crippen molar-refractivity contribution in [1.29, 1.82) is 5.26 Å². The van der Waals surface area contributed by atoms with Gasteiger partial charge in [-0.1, -0.05) is 164 Å². The van der Waals surface area contributed by atoms with E-state index in [-0.39, 0.29) is 6.85 Å². The van der Waals surface area contributed by atoms with Crippen molar-refractivity contribution in [3.8, 4) is 56.3 Å². The van der Waals surface area contributed by atoms with Crippen molar-refractivity contribution in [2.24, 2.45) is 0 Å². The molecule has 9 aromatic carbocycles. The molecule has 272 valence electrons. The van der Waals surface area contributed by atoms with E-state index >= 15 is 0 Å². The molecule has 0 unspecified atom stereocenters. The van der Waals surface area contributed by atoms with Crippen molar-refractivity contribution in [3.05, 3.63) is 212 Å². The fraction of sp³-hybridized carbons (Fsp3) is 0. The third-order valence-electron chi connectivity index (χ3n) is 12.3. The van der Waals surface area contributed by atoms with Crippen LogP contribution in [-0.2, 0) is 0 Å². The third-order valence-corrected chi connectivity index (χ3v) is 12.3. The van der Waals surface area contributed by atoms with E-state index in [1.165, 1.54) is 88.1 Å². The summed E-state index contributed by atoms with van der Waals surface area (Å²) in [5.41, 5.74) is 18.3. The zero-order chi connectivity index (χ0) is 39.0. The molecule has 0 atom stereocenters. The van der Waals surface area contributed by atoms with E-state index in [1.807, 2.05) is 12.1 Å². The first-order valence-corrected chi connectivity index (χ1v) is 20.2. The van der Waals surface area contributed by atoms with Crippen LogP contribution in [0, 0.1) is 11.3 Å². The molecule has 11 aromatic rings. The van der Waals surface area contributed by atoms with Gasteiger partial charge in [0.15, 0.2) is 0 Å². The van der Waals surface area contributed by atoms with Crippen LogP contribution >= 0.6 is 0 Å². The molecule has 2 aromatic heterocycles. The van der Waals surface area contributed by atoms with Gasteiger partial charge in [0, 0.05) is 49.4 Å². The van der Waals surface area contributed by atoms with Gasteiger partial charge in [-0.25, -0.2) is 0 Å². The fourth-order valence-electron chi connectivity index (χ4n) is 9.84. The average molecular weight is 748 g/mol. The van der Waals surface area contributed by atoms with Crippen LogP contribution in [0.25, 0.3) is 93.8 Å². The lowest BCUT2D eigenvalue weighted by molar-refractivity contribution is 1.18. The zero-order valence-corrected chi connectivity index (χ0v) is 32.0. The molecule has 0 fully saturated rings. The van der Waals surface area contributed by atoms with Crippen molar-refractivity contribution < 1.29 is 0 Å². The summed E-state index contributed by atoms with van der Waals surface area (Å²) in [7, 11) is 0. The normalized spacial score (nSPS) is 12.0. The Labute approximate surface area is 342 Å². The second kappa shape index (κ2) is 13.1. The number of aromatic nitrogens is 2. The standard InChI is InChI=1S/C55H34BN3/c57-35-36-28-29-43-44-24-15-26-50-55(44)58(52(43)30-36)51-27-14-13-25-49(51)56(50)59-53-45(39-20-9-3-10-21-39)31-41(37-16-5-1-6-17-37)33-47(53)48-34-42(38-18-7-2-8-19-38)32-46(54(48)59)40-22-11-4-12-23-40/h1-34H. The quantitative estimate of drug-likeness (QED) is 0.161. The Morgan fingerprint density at radius 2 is 0.881 bits per heavy atom. The maximum Gasteiger partial charge on any atom is 0.332 e. The summed E-state index contributed by atoms with van der Waals surface area (Å²) in [5, 5.41) is 14.8. The number of rotatable bonds is 5. The Bertz CT molecular complexity index is 3350. The molecular weight excluding hydrogens is 713 g/mol. The summed E-state index contributed by atoms with van der Waals surface area (Å²) in [4.78, 5) is 0. The van der Waals surface area contributed by atoms with E-state index < -0.39 is 0 Å². The van der Waals surface area contributed by atoms with E-state index in [9.17, 15) is 5.26 Å². The first kappa shape index (κ1) is 33.3. The van der Waals surface area contributed by atoms with Crippen LogP contribution in [0.1, 0.15) is 5.56 Å². The van der Waals surface area contributed by atoms with Gasteiger partial charge in [-0.3, -0.25) is 0 Å². The minimum atomic E-state index is -0.183. The van der Waals surface area contributed by atoms with Gasteiger partial charge < -0.3 is 9.05 Å². The lowest BCUT2D eigenvalue weighted by Gasteiger charge is -2.29. The third kappa shape index (κ3) is 5.02. The SMILES string of the molecule is N#Cc1ccc2c3cccc4c3n(c2c1)-c1ccccc1B4n1c2c(-c3ccccc3)cc(-c3ccccc3)cc2c2cc(-c3ccccc3)cc(-c3ccccc3)c21. The van der Waals surface area contributed by atoms with Gasteiger partial charge in [-0.05, 0) is 86.8 Å². The first-order valence-electron chi connectivity index (χ1n) is 20.2. The first-order chi connectivity index (χ1) is 29.2. The monoisotopic (exact) mass is 747 g/mol. The Kier molecular flexibility index (Phi) is 7.39. The van der Waals surface area contributed by atoms with Gasteiger partial charge in [-0.2, -0.15) is 5.26 Å². The van der Waals surface area contributed by atoms with Crippen molar-refractivity contribution >= 4 is 61.4 Å². The Balaban J connectivity index is 1.32. The molecule has 1 aliphatic rings. The highest BCUT2D eigenvalue weighted by Crippen LogP contribution is 2.45. The molecule has 59 heavy (non-hydrogen) atoms. The summed E-state index contributed by atoms with van der Waals surface area (Å²) < 4.78 is 5.08. The smallest absolute Gasteiger partial charge is 0.332 e. The number of hydrogen-bond acceptors (Lipinski definition) is 1. The summed E-state index contributed by atoms with van der Waals surface area (Å²) in [6.45, 7) is -0.183. The molecular formula is C55H34BN3. The summed E-state index contributed by atoms with van der Waals surface area (Å²) >= 11 is 0. The number of hydrogen-bond donors (Lipinski definition) is 0. The Hall–Kier alpha value is -7.87. The van der Waals surface area contributed by atoms with Crippen molar-refractivity contribution in [3.63, 3.8) is 0 Å². The molecule has 0 bridgehead atoms. The summed E-state index contributed by atoms with van der Waals surface area (Å²) in [6.07, 6.45) is 0. The van der Waals surface area contributed by atoms with E-state index in [0.29, 0.717) is 5.56 Å². The topological polar surface area (TPSA) is 33.6 Å². The zero-order valence-electron chi connectivity index (χ0n) is 32.0. The van der Waals surface area contributed by atoms with Gasteiger partial charge in [0.05, 0.1) is 22.7 Å². The highest BCUT2D eigenvalue weighted by atomic mass is 15.0. The van der Waals surface area contributed by atoms with Crippen LogP contribution in [0.2, 0.25) is 0 Å². The Morgan fingerprint density at radius 1 is 0.373 bits per heavy atom. The van der Waals surface area contributed by atoms with Crippen LogP contribution in [0.15, 0.2) is 206 Å². The molecule has 4 heteroatoms. The molecule has 0 saturated heterocycles. The van der Waals surface area contributed by atoms with E-state index in [2.05, 4.69) is 209 Å². The van der Waals surface area contributed by atoms with Gasteiger partial charge in [-0.15, -0.1) is 0 Å². The van der Waals surface area contributed by atoms with Crippen molar-refractivity contribution in [2.75, 3.05) is 0 Å². The fourth-order valence-corrected chi connectivity index (χ4v) is 9.84. The number of para-hydroxylation sites is 2. The second-order valence-electron chi connectivity index (χ2n) is 15.6. The number of nitrogens with zero attached hydrogens (tertiary/aromatic N) is 3. The lowest BCUT2D eigenvalue weighted by atomic mass is 9.48. The molecule has 12 rings (SSSR count). The molecule has 1 aliphatic heterocycles. The predicted octanol–water partition coefficient (Wildman–Crippen LogP) is 12.4. The molecule has 3 nitrogen and oxygen atoms in total. The van der Waals surface area contributed by atoms with Crippen LogP contribution in [0.3, 0.4) is 0 Å². The lowest BCUT2D eigenvalue weighted by Crippen LogP contribution is -2.53. The Morgan fingerprint density at radius 3 is 1.44 bits per heavy atom. The maximum absolute atomic E-state index is 10.0. The molecule has 0 N–H and O–H groups in total. The molecule has 0 amide bonds. The largest absolute Gasteiger partial charge is 0.375 e.